The molecule has 2 aromatic heterocycles. The number of nitrogens with zero attached hydrogens (tertiary/aromatic N) is 5. The van der Waals surface area contributed by atoms with E-state index in [4.69, 9.17) is 16.3 Å². The van der Waals surface area contributed by atoms with E-state index in [9.17, 15) is 4.79 Å². The molecule has 1 fully saturated rings. The molecule has 3 heterocycles. The number of pyridine rings is 1. The summed E-state index contributed by atoms with van der Waals surface area (Å²) >= 11 is 5.92. The monoisotopic (exact) mass is 347 g/mol. The highest BCUT2D eigenvalue weighted by atomic mass is 35.5. The molecule has 126 valence electrons. The van der Waals surface area contributed by atoms with Crippen molar-refractivity contribution in [3.05, 3.63) is 41.3 Å². The molecule has 0 unspecified atom stereocenters. The van der Waals surface area contributed by atoms with Gasteiger partial charge in [-0.15, -0.1) is 0 Å². The number of aromatic nitrogens is 3. The van der Waals surface area contributed by atoms with Crippen molar-refractivity contribution in [3.63, 3.8) is 0 Å². The maximum Gasteiger partial charge on any atom is 0.255 e. The Labute approximate surface area is 145 Å². The van der Waals surface area contributed by atoms with E-state index in [0.717, 1.165) is 13.0 Å². The molecule has 0 N–H and O–H groups in total. The van der Waals surface area contributed by atoms with Gasteiger partial charge in [0.25, 0.3) is 5.91 Å². The minimum absolute atomic E-state index is 0.0570. The summed E-state index contributed by atoms with van der Waals surface area (Å²) in [4.78, 5) is 29.1. The molecule has 1 amide bonds. The van der Waals surface area contributed by atoms with Gasteiger partial charge in [-0.05, 0) is 12.5 Å². The number of rotatable bonds is 3. The number of ether oxygens (including phenoxy) is 1. The molecule has 0 aromatic carbocycles. The van der Waals surface area contributed by atoms with E-state index in [0.29, 0.717) is 42.0 Å². The van der Waals surface area contributed by atoms with Crippen molar-refractivity contribution in [1.82, 2.24) is 19.9 Å². The van der Waals surface area contributed by atoms with Gasteiger partial charge in [0.15, 0.2) is 0 Å². The van der Waals surface area contributed by atoms with Crippen molar-refractivity contribution in [1.29, 1.82) is 0 Å². The lowest BCUT2D eigenvalue weighted by molar-refractivity contribution is 0.0766. The van der Waals surface area contributed by atoms with Crippen LogP contribution in [0.1, 0.15) is 16.8 Å². The van der Waals surface area contributed by atoms with E-state index >= 15 is 0 Å². The predicted octanol–water partition coefficient (Wildman–Crippen LogP) is 1.89. The summed E-state index contributed by atoms with van der Waals surface area (Å²) < 4.78 is 5.14. The highest BCUT2D eigenvalue weighted by molar-refractivity contribution is 6.30. The zero-order valence-electron chi connectivity index (χ0n) is 13.4. The van der Waals surface area contributed by atoms with Gasteiger partial charge in [-0.25, -0.2) is 4.98 Å². The van der Waals surface area contributed by atoms with Crippen molar-refractivity contribution in [2.45, 2.75) is 6.42 Å². The maximum absolute atomic E-state index is 12.6. The Balaban J connectivity index is 1.69. The van der Waals surface area contributed by atoms with Crippen molar-refractivity contribution >= 4 is 23.5 Å². The zero-order valence-corrected chi connectivity index (χ0v) is 14.1. The quantitative estimate of drug-likeness (QED) is 0.844. The molecule has 24 heavy (non-hydrogen) atoms. The molecule has 7 nitrogen and oxygen atoms in total. The van der Waals surface area contributed by atoms with Gasteiger partial charge in [0.1, 0.15) is 0 Å². The standard InChI is InChI=1S/C16H18ClN5O2/c1-24-14-3-4-19-16(20-14)22-6-2-5-21(7-8-22)15(23)12-9-13(17)11-18-10-12/h3-4,9-11H,2,5-8H2,1H3. The number of methoxy groups -OCH3 is 1. The normalized spacial score (nSPS) is 15.1. The molecule has 1 aliphatic rings. The van der Waals surface area contributed by atoms with E-state index < -0.39 is 0 Å². The van der Waals surface area contributed by atoms with E-state index in [2.05, 4.69) is 19.9 Å². The fourth-order valence-electron chi connectivity index (χ4n) is 2.63. The van der Waals surface area contributed by atoms with Gasteiger partial charge < -0.3 is 14.5 Å². The predicted molar refractivity (Wildman–Crippen MR) is 90.6 cm³/mol. The molecular formula is C16H18ClN5O2. The first kappa shape index (κ1) is 16.4. The molecule has 0 aliphatic carbocycles. The van der Waals surface area contributed by atoms with Crippen LogP contribution in [-0.2, 0) is 0 Å². The Morgan fingerprint density at radius 2 is 2.12 bits per heavy atom. The average Bonchev–Trinajstić information content (AvgIpc) is 2.87. The van der Waals surface area contributed by atoms with E-state index in [1.165, 1.54) is 6.20 Å². The highest BCUT2D eigenvalue weighted by Gasteiger charge is 2.22. The van der Waals surface area contributed by atoms with Crippen LogP contribution in [0.3, 0.4) is 0 Å². The van der Waals surface area contributed by atoms with Crippen LogP contribution in [0.5, 0.6) is 5.88 Å². The maximum atomic E-state index is 12.6. The van der Waals surface area contributed by atoms with Crippen molar-refractivity contribution in [2.75, 3.05) is 38.2 Å². The minimum atomic E-state index is -0.0570. The summed E-state index contributed by atoms with van der Waals surface area (Å²) in [5.74, 6) is 1.09. The Kier molecular flexibility index (Phi) is 5.10. The first-order valence-corrected chi connectivity index (χ1v) is 8.07. The second-order valence-corrected chi connectivity index (χ2v) is 5.86. The molecule has 0 bridgehead atoms. The number of anilines is 1. The molecule has 1 saturated heterocycles. The van der Waals surface area contributed by atoms with Gasteiger partial charge in [-0.3, -0.25) is 9.78 Å². The zero-order chi connectivity index (χ0) is 16.9. The summed E-state index contributed by atoms with van der Waals surface area (Å²) in [6.07, 6.45) is 5.57. The van der Waals surface area contributed by atoms with Crippen LogP contribution in [0.15, 0.2) is 30.7 Å². The lowest BCUT2D eigenvalue weighted by Crippen LogP contribution is -2.35. The Morgan fingerprint density at radius 3 is 2.92 bits per heavy atom. The van der Waals surface area contributed by atoms with Crippen LogP contribution in [-0.4, -0.2) is 59.0 Å². The van der Waals surface area contributed by atoms with E-state index in [-0.39, 0.29) is 5.91 Å². The first-order chi connectivity index (χ1) is 11.7. The second kappa shape index (κ2) is 7.44. The molecule has 8 heteroatoms. The summed E-state index contributed by atoms with van der Waals surface area (Å²) in [7, 11) is 1.58. The number of carbonyl (C=O) groups is 1. The SMILES string of the molecule is COc1ccnc(N2CCCN(C(=O)c3cncc(Cl)c3)CC2)n1. The molecule has 0 saturated carbocycles. The van der Waals surface area contributed by atoms with Crippen molar-refractivity contribution in [3.8, 4) is 5.88 Å². The molecule has 0 atom stereocenters. The van der Waals surface area contributed by atoms with E-state index in [1.807, 2.05) is 4.90 Å². The number of hydrogen-bond acceptors (Lipinski definition) is 6. The molecule has 2 aromatic rings. The topological polar surface area (TPSA) is 71.5 Å². The van der Waals surface area contributed by atoms with Gasteiger partial charge in [0.05, 0.1) is 17.7 Å². The number of hydrogen-bond donors (Lipinski definition) is 0. The molecule has 3 rings (SSSR count). The smallest absolute Gasteiger partial charge is 0.255 e. The fraction of sp³-hybridized carbons (Fsp3) is 0.375. The molecular weight excluding hydrogens is 330 g/mol. The van der Waals surface area contributed by atoms with Crippen LogP contribution in [0.2, 0.25) is 5.02 Å². The van der Waals surface area contributed by atoms with Crippen LogP contribution in [0.25, 0.3) is 0 Å². The molecule has 0 radical (unpaired) electrons. The fourth-order valence-corrected chi connectivity index (χ4v) is 2.80. The lowest BCUT2D eigenvalue weighted by Gasteiger charge is -2.22. The summed E-state index contributed by atoms with van der Waals surface area (Å²) in [5.41, 5.74) is 0.508. The van der Waals surface area contributed by atoms with Crippen molar-refractivity contribution < 1.29 is 9.53 Å². The van der Waals surface area contributed by atoms with Gasteiger partial charge in [-0.1, -0.05) is 11.6 Å². The number of carbonyl (C=O) groups excluding carboxylic acids is 1. The Morgan fingerprint density at radius 1 is 1.25 bits per heavy atom. The van der Waals surface area contributed by atoms with Crippen molar-refractivity contribution in [2.24, 2.45) is 0 Å². The lowest BCUT2D eigenvalue weighted by atomic mass is 10.2. The third-order valence-electron chi connectivity index (χ3n) is 3.84. The van der Waals surface area contributed by atoms with Gasteiger partial charge in [-0.2, -0.15) is 4.98 Å². The minimum Gasteiger partial charge on any atom is -0.481 e. The third-order valence-corrected chi connectivity index (χ3v) is 4.05. The largest absolute Gasteiger partial charge is 0.481 e. The molecule has 0 spiro atoms. The first-order valence-electron chi connectivity index (χ1n) is 7.69. The molecule has 1 aliphatic heterocycles. The third kappa shape index (κ3) is 3.73. The van der Waals surface area contributed by atoms with Crippen LogP contribution in [0.4, 0.5) is 5.95 Å². The number of amides is 1. The van der Waals surface area contributed by atoms with Gasteiger partial charge >= 0.3 is 0 Å². The van der Waals surface area contributed by atoms with Crippen LogP contribution in [0, 0.1) is 0 Å². The Bertz CT molecular complexity index is 727. The van der Waals surface area contributed by atoms with Gasteiger partial charge in [0, 0.05) is 50.8 Å². The summed E-state index contributed by atoms with van der Waals surface area (Å²) in [5, 5.41) is 0.460. The van der Waals surface area contributed by atoms with E-state index in [1.54, 1.807) is 31.6 Å². The summed E-state index contributed by atoms with van der Waals surface area (Å²) in [6, 6.07) is 3.36. The van der Waals surface area contributed by atoms with Crippen LogP contribution >= 0.6 is 11.6 Å². The average molecular weight is 348 g/mol. The second-order valence-electron chi connectivity index (χ2n) is 5.42. The number of halogens is 1. The van der Waals surface area contributed by atoms with Gasteiger partial charge in [0.2, 0.25) is 11.8 Å². The Hall–Kier alpha value is -2.41. The van der Waals surface area contributed by atoms with Crippen LogP contribution < -0.4 is 9.64 Å². The highest BCUT2D eigenvalue weighted by Crippen LogP contribution is 2.16. The summed E-state index contributed by atoms with van der Waals surface area (Å²) in [6.45, 7) is 2.70.